The quantitative estimate of drug-likeness (QED) is 0.780. The van der Waals surface area contributed by atoms with Crippen LogP contribution in [0, 0.1) is 5.82 Å². The SMILES string of the molecule is CCN(CC)C(=O)CN(C)Cc1ccc(C(N)=S)cc1F. The Morgan fingerprint density at radius 1 is 1.33 bits per heavy atom. The van der Waals surface area contributed by atoms with Gasteiger partial charge in [-0.25, -0.2) is 4.39 Å². The molecule has 0 radical (unpaired) electrons. The van der Waals surface area contributed by atoms with Gasteiger partial charge in [0.25, 0.3) is 0 Å². The monoisotopic (exact) mass is 311 g/mol. The molecule has 1 aromatic carbocycles. The lowest BCUT2D eigenvalue weighted by Gasteiger charge is -2.23. The average Bonchev–Trinajstić information content (AvgIpc) is 2.42. The number of amides is 1. The summed E-state index contributed by atoms with van der Waals surface area (Å²) in [5, 5.41) is 0. The fraction of sp³-hybridized carbons (Fsp3) is 0.467. The molecular weight excluding hydrogens is 289 g/mol. The van der Waals surface area contributed by atoms with Crippen LogP contribution in [-0.4, -0.2) is 47.4 Å². The van der Waals surface area contributed by atoms with Crippen molar-refractivity contribution in [1.29, 1.82) is 0 Å². The Bertz CT molecular complexity index is 518. The van der Waals surface area contributed by atoms with Crippen LogP contribution in [0.4, 0.5) is 4.39 Å². The molecule has 1 amide bonds. The van der Waals surface area contributed by atoms with Gasteiger partial charge in [0.05, 0.1) is 6.54 Å². The molecule has 4 nitrogen and oxygen atoms in total. The number of benzene rings is 1. The summed E-state index contributed by atoms with van der Waals surface area (Å²) in [5.74, 6) is -0.315. The van der Waals surface area contributed by atoms with E-state index < -0.39 is 0 Å². The first kappa shape index (κ1) is 17.5. The number of hydrogen-bond acceptors (Lipinski definition) is 3. The second kappa shape index (κ2) is 8.05. The average molecular weight is 311 g/mol. The van der Waals surface area contributed by atoms with Crippen LogP contribution < -0.4 is 5.73 Å². The highest BCUT2D eigenvalue weighted by molar-refractivity contribution is 7.80. The first-order valence-corrected chi connectivity index (χ1v) is 7.34. The molecule has 6 heteroatoms. The van der Waals surface area contributed by atoms with Gasteiger partial charge < -0.3 is 10.6 Å². The van der Waals surface area contributed by atoms with Gasteiger partial charge in [-0.15, -0.1) is 0 Å². The van der Waals surface area contributed by atoms with Crippen molar-refractivity contribution in [3.05, 3.63) is 35.1 Å². The van der Waals surface area contributed by atoms with Gasteiger partial charge in [0.1, 0.15) is 10.8 Å². The minimum absolute atomic E-state index is 0.0441. The maximum absolute atomic E-state index is 14.0. The van der Waals surface area contributed by atoms with Gasteiger partial charge in [0.15, 0.2) is 0 Å². The van der Waals surface area contributed by atoms with Crippen molar-refractivity contribution in [3.8, 4) is 0 Å². The van der Waals surface area contributed by atoms with E-state index in [1.807, 2.05) is 13.8 Å². The highest BCUT2D eigenvalue weighted by atomic mass is 32.1. The number of carbonyl (C=O) groups excluding carboxylic acids is 1. The van der Waals surface area contributed by atoms with Crippen LogP contribution >= 0.6 is 12.2 Å². The van der Waals surface area contributed by atoms with E-state index in [0.29, 0.717) is 30.8 Å². The number of hydrogen-bond donors (Lipinski definition) is 1. The second-order valence-electron chi connectivity index (χ2n) is 4.91. The molecule has 0 aromatic heterocycles. The number of halogens is 1. The number of likely N-dealkylation sites (N-methyl/N-ethyl adjacent to an activating group) is 2. The molecule has 21 heavy (non-hydrogen) atoms. The predicted molar refractivity (Wildman–Crippen MR) is 86.5 cm³/mol. The van der Waals surface area contributed by atoms with Crippen LogP contribution in [0.1, 0.15) is 25.0 Å². The Hall–Kier alpha value is -1.53. The summed E-state index contributed by atoms with van der Waals surface area (Å²) >= 11 is 4.82. The zero-order valence-electron chi connectivity index (χ0n) is 12.7. The van der Waals surface area contributed by atoms with Gasteiger partial charge in [-0.1, -0.05) is 24.4 Å². The summed E-state index contributed by atoms with van der Waals surface area (Å²) in [5.41, 5.74) is 6.49. The Morgan fingerprint density at radius 2 is 1.95 bits per heavy atom. The maximum atomic E-state index is 14.0. The zero-order chi connectivity index (χ0) is 16.0. The third kappa shape index (κ3) is 5.06. The summed E-state index contributed by atoms with van der Waals surface area (Å²) in [6.45, 7) is 5.86. The Kier molecular flexibility index (Phi) is 6.71. The second-order valence-corrected chi connectivity index (χ2v) is 5.35. The smallest absolute Gasteiger partial charge is 0.236 e. The molecule has 0 heterocycles. The molecule has 0 fully saturated rings. The van der Waals surface area contributed by atoms with E-state index in [0.717, 1.165) is 0 Å². The van der Waals surface area contributed by atoms with E-state index in [2.05, 4.69) is 0 Å². The Labute approximate surface area is 130 Å². The lowest BCUT2D eigenvalue weighted by Crippen LogP contribution is -2.38. The van der Waals surface area contributed by atoms with E-state index in [-0.39, 0.29) is 23.3 Å². The van der Waals surface area contributed by atoms with Crippen LogP contribution in [0.3, 0.4) is 0 Å². The van der Waals surface area contributed by atoms with Gasteiger partial charge >= 0.3 is 0 Å². The number of rotatable bonds is 7. The molecule has 0 spiro atoms. The molecule has 0 bridgehead atoms. The summed E-state index contributed by atoms with van der Waals surface area (Å²) in [7, 11) is 1.79. The summed E-state index contributed by atoms with van der Waals surface area (Å²) in [6, 6.07) is 4.68. The minimum Gasteiger partial charge on any atom is -0.389 e. The molecule has 0 atom stereocenters. The predicted octanol–water partition coefficient (Wildman–Crippen LogP) is 1.76. The van der Waals surface area contributed by atoms with Crippen molar-refractivity contribution in [2.75, 3.05) is 26.7 Å². The number of carbonyl (C=O) groups is 1. The molecule has 116 valence electrons. The summed E-state index contributed by atoms with van der Waals surface area (Å²) in [4.78, 5) is 15.7. The van der Waals surface area contributed by atoms with Crippen molar-refractivity contribution in [2.24, 2.45) is 5.73 Å². The van der Waals surface area contributed by atoms with E-state index >= 15 is 0 Å². The molecule has 0 unspecified atom stereocenters. The van der Waals surface area contributed by atoms with Crippen molar-refractivity contribution < 1.29 is 9.18 Å². The number of nitrogens with zero attached hydrogens (tertiary/aromatic N) is 2. The van der Waals surface area contributed by atoms with Crippen LogP contribution in [0.5, 0.6) is 0 Å². The first-order valence-electron chi connectivity index (χ1n) is 6.93. The zero-order valence-corrected chi connectivity index (χ0v) is 13.5. The van der Waals surface area contributed by atoms with E-state index in [1.165, 1.54) is 6.07 Å². The Morgan fingerprint density at radius 3 is 2.43 bits per heavy atom. The molecule has 2 N–H and O–H groups in total. The van der Waals surface area contributed by atoms with Crippen molar-refractivity contribution in [2.45, 2.75) is 20.4 Å². The molecule has 0 aliphatic heterocycles. The summed E-state index contributed by atoms with van der Waals surface area (Å²) in [6.07, 6.45) is 0. The van der Waals surface area contributed by atoms with E-state index in [4.69, 9.17) is 18.0 Å². The van der Waals surface area contributed by atoms with E-state index in [9.17, 15) is 9.18 Å². The highest BCUT2D eigenvalue weighted by Crippen LogP contribution is 2.12. The Balaban J connectivity index is 2.69. The maximum Gasteiger partial charge on any atom is 0.236 e. The van der Waals surface area contributed by atoms with Gasteiger partial charge in [-0.05, 0) is 27.0 Å². The number of thiocarbonyl (C=S) groups is 1. The molecule has 1 rings (SSSR count). The number of nitrogens with two attached hydrogens (primary N) is 1. The minimum atomic E-state index is -0.359. The lowest BCUT2D eigenvalue weighted by atomic mass is 10.1. The standard InChI is InChI=1S/C15H22FN3OS/c1-4-19(5-2)14(20)10-18(3)9-12-7-6-11(15(17)21)8-13(12)16/h6-8H,4-5,9-10H2,1-3H3,(H2,17,21). The first-order chi connectivity index (χ1) is 9.88. The third-order valence-corrected chi connectivity index (χ3v) is 3.53. The fourth-order valence-electron chi connectivity index (χ4n) is 2.08. The molecule has 0 aliphatic rings. The third-order valence-electron chi connectivity index (χ3n) is 3.30. The van der Waals surface area contributed by atoms with Gasteiger partial charge in [0, 0.05) is 30.8 Å². The van der Waals surface area contributed by atoms with Crippen molar-refractivity contribution >= 4 is 23.1 Å². The molecular formula is C15H22FN3OS. The van der Waals surface area contributed by atoms with Gasteiger partial charge in [0.2, 0.25) is 5.91 Å². The van der Waals surface area contributed by atoms with Crippen molar-refractivity contribution in [1.82, 2.24) is 9.80 Å². The summed E-state index contributed by atoms with van der Waals surface area (Å²) < 4.78 is 14.0. The molecule has 0 aliphatic carbocycles. The molecule has 0 saturated heterocycles. The normalized spacial score (nSPS) is 10.7. The van der Waals surface area contributed by atoms with Crippen LogP contribution in [0.15, 0.2) is 18.2 Å². The molecule has 0 saturated carbocycles. The largest absolute Gasteiger partial charge is 0.389 e. The van der Waals surface area contributed by atoms with Crippen LogP contribution in [0.25, 0.3) is 0 Å². The van der Waals surface area contributed by atoms with Gasteiger partial charge in [-0.2, -0.15) is 0 Å². The topological polar surface area (TPSA) is 49.6 Å². The van der Waals surface area contributed by atoms with Crippen LogP contribution in [-0.2, 0) is 11.3 Å². The lowest BCUT2D eigenvalue weighted by molar-refractivity contribution is -0.131. The van der Waals surface area contributed by atoms with E-state index in [1.54, 1.807) is 29.0 Å². The van der Waals surface area contributed by atoms with Gasteiger partial charge in [-0.3, -0.25) is 9.69 Å². The molecule has 1 aromatic rings. The fourth-order valence-corrected chi connectivity index (χ4v) is 2.21. The van der Waals surface area contributed by atoms with Crippen LogP contribution in [0.2, 0.25) is 0 Å². The highest BCUT2D eigenvalue weighted by Gasteiger charge is 2.14. The van der Waals surface area contributed by atoms with Crippen molar-refractivity contribution in [3.63, 3.8) is 0 Å².